The number of ether oxygens (including phenoxy) is 1. The van der Waals surface area contributed by atoms with Crippen LogP contribution >= 0.6 is 15.9 Å². The van der Waals surface area contributed by atoms with Gasteiger partial charge in [-0.3, -0.25) is 0 Å². The van der Waals surface area contributed by atoms with Crippen molar-refractivity contribution in [2.45, 2.75) is 31.8 Å². The number of halogens is 1. The van der Waals surface area contributed by atoms with Crippen molar-refractivity contribution in [3.8, 4) is 0 Å². The molecule has 2 rings (SSSR count). The van der Waals surface area contributed by atoms with Crippen molar-refractivity contribution in [3.05, 3.63) is 40.9 Å². The Morgan fingerprint density at radius 1 is 1.29 bits per heavy atom. The number of rotatable bonds is 3. The second kappa shape index (κ2) is 6.36. The standard InChI is InChI=1S/C15H19BrO/c1-17-14-9-5-8-13(10-14)15(11-16)12-6-3-2-4-7-12/h2-4,6-7,11,13-14H,5,8-10H2,1H3/b15-11-/t13-,14-/m0/s1. The maximum Gasteiger partial charge on any atom is 0.0577 e. The highest BCUT2D eigenvalue weighted by Crippen LogP contribution is 2.36. The van der Waals surface area contributed by atoms with E-state index in [2.05, 4.69) is 51.2 Å². The molecule has 1 aliphatic carbocycles. The van der Waals surface area contributed by atoms with E-state index < -0.39 is 0 Å². The SMILES string of the molecule is CO[C@H]1CCC[C@H](/C(=C\Br)c2ccccc2)C1. The van der Waals surface area contributed by atoms with Gasteiger partial charge in [-0.2, -0.15) is 0 Å². The predicted octanol–water partition coefficient (Wildman–Crippen LogP) is 4.63. The van der Waals surface area contributed by atoms with Crippen molar-refractivity contribution in [2.75, 3.05) is 7.11 Å². The van der Waals surface area contributed by atoms with Crippen molar-refractivity contribution >= 4 is 21.5 Å². The summed E-state index contributed by atoms with van der Waals surface area (Å²) in [7, 11) is 1.83. The number of benzene rings is 1. The van der Waals surface area contributed by atoms with E-state index in [9.17, 15) is 0 Å². The van der Waals surface area contributed by atoms with Gasteiger partial charge in [-0.1, -0.05) is 52.7 Å². The first-order chi connectivity index (χ1) is 8.35. The zero-order valence-electron chi connectivity index (χ0n) is 10.2. The van der Waals surface area contributed by atoms with Crippen LogP contribution in [-0.4, -0.2) is 13.2 Å². The molecule has 1 aliphatic rings. The Hall–Kier alpha value is -0.600. The zero-order valence-corrected chi connectivity index (χ0v) is 11.8. The Bertz CT molecular complexity index is 372. The van der Waals surface area contributed by atoms with Crippen LogP contribution in [-0.2, 0) is 4.74 Å². The molecular formula is C15H19BrO. The highest BCUT2D eigenvalue weighted by atomic mass is 79.9. The van der Waals surface area contributed by atoms with Gasteiger partial charge in [-0.25, -0.2) is 0 Å². The molecular weight excluding hydrogens is 276 g/mol. The average Bonchev–Trinajstić information content (AvgIpc) is 2.41. The van der Waals surface area contributed by atoms with E-state index >= 15 is 0 Å². The van der Waals surface area contributed by atoms with Crippen molar-refractivity contribution in [2.24, 2.45) is 5.92 Å². The van der Waals surface area contributed by atoms with Crippen LogP contribution in [0, 0.1) is 5.92 Å². The summed E-state index contributed by atoms with van der Waals surface area (Å²) < 4.78 is 5.51. The van der Waals surface area contributed by atoms with Crippen LogP contribution in [0.25, 0.3) is 5.57 Å². The maximum absolute atomic E-state index is 5.51. The fourth-order valence-corrected chi connectivity index (χ4v) is 3.30. The lowest BCUT2D eigenvalue weighted by atomic mass is 9.80. The molecule has 2 atom stereocenters. The normalized spacial score (nSPS) is 25.9. The largest absolute Gasteiger partial charge is 0.381 e. The van der Waals surface area contributed by atoms with E-state index in [-0.39, 0.29) is 0 Å². The van der Waals surface area contributed by atoms with E-state index in [1.165, 1.54) is 30.4 Å². The number of allylic oxidation sites excluding steroid dienone is 1. The molecule has 0 saturated heterocycles. The molecule has 0 amide bonds. The van der Waals surface area contributed by atoms with Crippen LogP contribution in [0.5, 0.6) is 0 Å². The quantitative estimate of drug-likeness (QED) is 0.790. The summed E-state index contributed by atoms with van der Waals surface area (Å²) in [5.41, 5.74) is 2.73. The molecule has 0 heterocycles. The Kier molecular flexibility index (Phi) is 4.81. The van der Waals surface area contributed by atoms with Crippen LogP contribution in [0.1, 0.15) is 31.2 Å². The first kappa shape index (κ1) is 12.8. The fourth-order valence-electron chi connectivity index (χ4n) is 2.66. The van der Waals surface area contributed by atoms with Crippen LogP contribution in [0.3, 0.4) is 0 Å². The molecule has 1 fully saturated rings. The highest BCUT2D eigenvalue weighted by molar-refractivity contribution is 9.11. The van der Waals surface area contributed by atoms with Crippen molar-refractivity contribution in [3.63, 3.8) is 0 Å². The number of hydrogen-bond acceptors (Lipinski definition) is 1. The van der Waals surface area contributed by atoms with Crippen LogP contribution in [0.2, 0.25) is 0 Å². The summed E-state index contributed by atoms with van der Waals surface area (Å²) in [5.74, 6) is 0.621. The van der Waals surface area contributed by atoms with Gasteiger partial charge in [0, 0.05) is 7.11 Å². The van der Waals surface area contributed by atoms with Gasteiger partial charge in [0.1, 0.15) is 0 Å². The van der Waals surface area contributed by atoms with Gasteiger partial charge in [-0.05, 0) is 41.3 Å². The topological polar surface area (TPSA) is 9.23 Å². The average molecular weight is 295 g/mol. The first-order valence-corrected chi connectivity index (χ1v) is 7.15. The lowest BCUT2D eigenvalue weighted by molar-refractivity contribution is 0.0605. The monoisotopic (exact) mass is 294 g/mol. The lowest BCUT2D eigenvalue weighted by Crippen LogP contribution is -2.22. The van der Waals surface area contributed by atoms with E-state index in [1.54, 1.807) is 0 Å². The molecule has 92 valence electrons. The van der Waals surface area contributed by atoms with Gasteiger partial charge < -0.3 is 4.74 Å². The van der Waals surface area contributed by atoms with E-state index in [1.807, 2.05) is 7.11 Å². The molecule has 1 aromatic carbocycles. The Morgan fingerprint density at radius 2 is 2.06 bits per heavy atom. The molecule has 17 heavy (non-hydrogen) atoms. The van der Waals surface area contributed by atoms with Gasteiger partial charge in [-0.15, -0.1) is 0 Å². The molecule has 0 spiro atoms. The third-order valence-electron chi connectivity index (χ3n) is 3.62. The van der Waals surface area contributed by atoms with Gasteiger partial charge in [0.05, 0.1) is 6.10 Å². The van der Waals surface area contributed by atoms with E-state index in [4.69, 9.17) is 4.74 Å². The van der Waals surface area contributed by atoms with E-state index in [0.29, 0.717) is 12.0 Å². The Balaban J connectivity index is 2.14. The van der Waals surface area contributed by atoms with Crippen LogP contribution < -0.4 is 0 Å². The molecule has 1 nitrogen and oxygen atoms in total. The van der Waals surface area contributed by atoms with Gasteiger partial charge in [0.25, 0.3) is 0 Å². The van der Waals surface area contributed by atoms with Crippen LogP contribution in [0.15, 0.2) is 35.3 Å². The van der Waals surface area contributed by atoms with Crippen molar-refractivity contribution in [1.82, 2.24) is 0 Å². The minimum absolute atomic E-state index is 0.430. The molecule has 1 saturated carbocycles. The fraction of sp³-hybridized carbons (Fsp3) is 0.467. The third kappa shape index (κ3) is 3.20. The minimum atomic E-state index is 0.430. The number of hydrogen-bond donors (Lipinski definition) is 0. The Labute approximate surface area is 112 Å². The molecule has 0 N–H and O–H groups in total. The third-order valence-corrected chi connectivity index (χ3v) is 4.12. The second-order valence-electron chi connectivity index (χ2n) is 4.65. The summed E-state index contributed by atoms with van der Waals surface area (Å²) in [4.78, 5) is 2.09. The summed E-state index contributed by atoms with van der Waals surface area (Å²) >= 11 is 3.53. The van der Waals surface area contributed by atoms with Crippen molar-refractivity contribution < 1.29 is 4.74 Å². The van der Waals surface area contributed by atoms with Gasteiger partial charge in [0.15, 0.2) is 0 Å². The molecule has 0 unspecified atom stereocenters. The van der Waals surface area contributed by atoms with Crippen LogP contribution in [0.4, 0.5) is 0 Å². The lowest BCUT2D eigenvalue weighted by Gasteiger charge is -2.30. The zero-order chi connectivity index (χ0) is 12.1. The van der Waals surface area contributed by atoms with Gasteiger partial charge in [0.2, 0.25) is 0 Å². The number of methoxy groups -OCH3 is 1. The molecule has 1 aromatic rings. The summed E-state index contributed by atoms with van der Waals surface area (Å²) in [6, 6.07) is 10.6. The summed E-state index contributed by atoms with van der Waals surface area (Å²) in [6.45, 7) is 0. The van der Waals surface area contributed by atoms with Crippen molar-refractivity contribution in [1.29, 1.82) is 0 Å². The summed E-state index contributed by atoms with van der Waals surface area (Å²) in [6.07, 6.45) is 5.31. The van der Waals surface area contributed by atoms with Gasteiger partial charge >= 0.3 is 0 Å². The Morgan fingerprint density at radius 3 is 2.71 bits per heavy atom. The smallest absolute Gasteiger partial charge is 0.0577 e. The molecule has 0 radical (unpaired) electrons. The molecule has 0 aromatic heterocycles. The van der Waals surface area contributed by atoms with E-state index in [0.717, 1.165) is 6.42 Å². The maximum atomic E-state index is 5.51. The highest BCUT2D eigenvalue weighted by Gasteiger charge is 2.24. The molecule has 2 heteroatoms. The first-order valence-electron chi connectivity index (χ1n) is 6.23. The molecule has 0 bridgehead atoms. The predicted molar refractivity (Wildman–Crippen MR) is 76.1 cm³/mol. The molecule has 0 aliphatic heterocycles. The second-order valence-corrected chi connectivity index (χ2v) is 5.11. The summed E-state index contributed by atoms with van der Waals surface area (Å²) in [5, 5.41) is 0. The minimum Gasteiger partial charge on any atom is -0.381 e.